The molecule has 1 heterocycles. The molecule has 2 fully saturated rings. The quantitative estimate of drug-likeness (QED) is 0.861. The van der Waals surface area contributed by atoms with Crippen LogP contribution in [-0.2, 0) is 11.3 Å². The fraction of sp³-hybridized carbons (Fsp3) is 0.600. The van der Waals surface area contributed by atoms with Gasteiger partial charge in [-0.05, 0) is 37.0 Å². The Morgan fingerprint density at radius 3 is 2.61 bits per heavy atom. The smallest absolute Gasteiger partial charge is 0.0670 e. The molecule has 3 rings (SSSR count). The summed E-state index contributed by atoms with van der Waals surface area (Å²) in [7, 11) is 2.16. The Kier molecular flexibility index (Phi) is 3.52. The molecule has 1 atom stereocenters. The van der Waals surface area contributed by atoms with Crippen LogP contribution in [0.5, 0.6) is 0 Å². The second kappa shape index (κ2) is 5.29. The molecule has 3 heteroatoms. The zero-order valence-corrected chi connectivity index (χ0v) is 11.1. The van der Waals surface area contributed by atoms with Gasteiger partial charge >= 0.3 is 0 Å². The molecular formula is C15H22N2O. The lowest BCUT2D eigenvalue weighted by Gasteiger charge is -2.25. The molecule has 1 aliphatic carbocycles. The monoisotopic (exact) mass is 246 g/mol. The first kappa shape index (κ1) is 12.0. The van der Waals surface area contributed by atoms with E-state index in [1.165, 1.54) is 24.1 Å². The maximum atomic E-state index is 5.44. The van der Waals surface area contributed by atoms with E-state index in [0.717, 1.165) is 32.2 Å². The average Bonchev–Trinajstić information content (AvgIpc) is 3.08. The van der Waals surface area contributed by atoms with Gasteiger partial charge in [0.1, 0.15) is 0 Å². The van der Waals surface area contributed by atoms with Crippen molar-refractivity contribution in [2.75, 3.05) is 25.2 Å². The Hall–Kier alpha value is -1.06. The largest absolute Gasteiger partial charge is 0.379 e. The van der Waals surface area contributed by atoms with Gasteiger partial charge < -0.3 is 15.0 Å². The molecule has 98 valence electrons. The summed E-state index contributed by atoms with van der Waals surface area (Å²) in [6, 6.07) is 10.2. The minimum atomic E-state index is 0.542. The summed E-state index contributed by atoms with van der Waals surface area (Å²) in [5.41, 5.74) is 2.67. The van der Waals surface area contributed by atoms with Crippen molar-refractivity contribution < 1.29 is 4.74 Å². The number of hydrogen-bond acceptors (Lipinski definition) is 3. The number of benzene rings is 1. The van der Waals surface area contributed by atoms with Crippen molar-refractivity contribution in [2.24, 2.45) is 0 Å². The van der Waals surface area contributed by atoms with E-state index in [4.69, 9.17) is 4.74 Å². The molecule has 1 saturated heterocycles. The number of hydrogen-bond donors (Lipinski definition) is 1. The van der Waals surface area contributed by atoms with Gasteiger partial charge in [0, 0.05) is 31.9 Å². The second-order valence-corrected chi connectivity index (χ2v) is 5.45. The zero-order valence-electron chi connectivity index (χ0n) is 11.1. The minimum absolute atomic E-state index is 0.542. The van der Waals surface area contributed by atoms with E-state index >= 15 is 0 Å². The van der Waals surface area contributed by atoms with Crippen molar-refractivity contribution in [3.63, 3.8) is 0 Å². The first-order valence-corrected chi connectivity index (χ1v) is 6.96. The fourth-order valence-corrected chi connectivity index (χ4v) is 2.44. The predicted molar refractivity (Wildman–Crippen MR) is 73.9 cm³/mol. The Morgan fingerprint density at radius 1 is 1.22 bits per heavy atom. The van der Waals surface area contributed by atoms with Crippen molar-refractivity contribution in [2.45, 2.75) is 37.9 Å². The Morgan fingerprint density at radius 2 is 2.00 bits per heavy atom. The molecule has 1 unspecified atom stereocenters. The van der Waals surface area contributed by atoms with Crippen LogP contribution in [0.1, 0.15) is 24.8 Å². The molecule has 1 aromatic carbocycles. The van der Waals surface area contributed by atoms with E-state index in [1.54, 1.807) is 0 Å². The van der Waals surface area contributed by atoms with Crippen LogP contribution in [0.2, 0.25) is 0 Å². The van der Waals surface area contributed by atoms with Crippen LogP contribution in [0.4, 0.5) is 5.69 Å². The molecule has 0 radical (unpaired) electrons. The van der Waals surface area contributed by atoms with Crippen molar-refractivity contribution in [1.29, 1.82) is 0 Å². The molecule has 1 N–H and O–H groups in total. The summed E-state index contributed by atoms with van der Waals surface area (Å²) in [4.78, 5) is 2.34. The number of likely N-dealkylation sites (N-methyl/N-ethyl adjacent to an activating group) is 1. The normalized spacial score (nSPS) is 23.3. The zero-order chi connectivity index (χ0) is 12.4. The first-order chi connectivity index (χ1) is 8.83. The lowest BCUT2D eigenvalue weighted by atomic mass is 10.1. The van der Waals surface area contributed by atoms with Crippen LogP contribution in [0.3, 0.4) is 0 Å². The van der Waals surface area contributed by atoms with Gasteiger partial charge in [0.15, 0.2) is 0 Å². The first-order valence-electron chi connectivity index (χ1n) is 6.96. The van der Waals surface area contributed by atoms with Crippen molar-refractivity contribution in [3.05, 3.63) is 29.8 Å². The summed E-state index contributed by atoms with van der Waals surface area (Å²) in [6.07, 6.45) is 3.84. The summed E-state index contributed by atoms with van der Waals surface area (Å²) >= 11 is 0. The third kappa shape index (κ3) is 2.85. The lowest BCUT2D eigenvalue weighted by molar-refractivity contribution is 0.193. The summed E-state index contributed by atoms with van der Waals surface area (Å²) < 4.78 is 5.44. The lowest BCUT2D eigenvalue weighted by Crippen LogP contribution is -2.31. The van der Waals surface area contributed by atoms with Crippen LogP contribution >= 0.6 is 0 Å². The fourth-order valence-electron chi connectivity index (χ4n) is 2.44. The Labute approximate surface area is 109 Å². The number of nitrogens with zero attached hydrogens (tertiary/aromatic N) is 1. The Balaban J connectivity index is 1.58. The van der Waals surface area contributed by atoms with Crippen LogP contribution in [-0.4, -0.2) is 32.3 Å². The summed E-state index contributed by atoms with van der Waals surface area (Å²) in [5.74, 6) is 0. The number of rotatable bonds is 5. The highest BCUT2D eigenvalue weighted by atomic mass is 16.5. The topological polar surface area (TPSA) is 24.5 Å². The Bertz CT molecular complexity index is 380. The molecular weight excluding hydrogens is 224 g/mol. The van der Waals surface area contributed by atoms with Crippen molar-refractivity contribution in [3.8, 4) is 0 Å². The molecule has 2 aliphatic rings. The molecule has 3 nitrogen and oxygen atoms in total. The number of nitrogens with one attached hydrogen (secondary N) is 1. The number of anilines is 1. The van der Waals surface area contributed by atoms with E-state index in [2.05, 4.69) is 41.5 Å². The van der Waals surface area contributed by atoms with E-state index < -0.39 is 0 Å². The van der Waals surface area contributed by atoms with Gasteiger partial charge in [-0.2, -0.15) is 0 Å². The van der Waals surface area contributed by atoms with Crippen LogP contribution in [0.15, 0.2) is 24.3 Å². The highest BCUT2D eigenvalue weighted by molar-refractivity contribution is 5.48. The van der Waals surface area contributed by atoms with E-state index in [0.29, 0.717) is 6.04 Å². The van der Waals surface area contributed by atoms with Crippen molar-refractivity contribution >= 4 is 5.69 Å². The molecule has 0 aromatic heterocycles. The van der Waals surface area contributed by atoms with Gasteiger partial charge in [-0.25, -0.2) is 0 Å². The molecule has 0 bridgehead atoms. The maximum absolute atomic E-state index is 5.44. The average molecular weight is 246 g/mol. The molecule has 0 amide bonds. The van der Waals surface area contributed by atoms with Crippen LogP contribution in [0, 0.1) is 0 Å². The van der Waals surface area contributed by atoms with E-state index in [-0.39, 0.29) is 0 Å². The highest BCUT2D eigenvalue weighted by Gasteiger charge is 2.21. The maximum Gasteiger partial charge on any atom is 0.0670 e. The van der Waals surface area contributed by atoms with Gasteiger partial charge in [-0.1, -0.05) is 12.1 Å². The molecule has 1 aromatic rings. The van der Waals surface area contributed by atoms with E-state index in [1.807, 2.05) is 0 Å². The molecule has 1 saturated carbocycles. The van der Waals surface area contributed by atoms with Crippen LogP contribution < -0.4 is 10.2 Å². The third-order valence-corrected chi connectivity index (χ3v) is 3.97. The van der Waals surface area contributed by atoms with Crippen molar-refractivity contribution in [1.82, 2.24) is 5.32 Å². The van der Waals surface area contributed by atoms with E-state index in [9.17, 15) is 0 Å². The third-order valence-electron chi connectivity index (χ3n) is 3.97. The summed E-state index contributed by atoms with van der Waals surface area (Å²) in [6.45, 7) is 2.76. The van der Waals surface area contributed by atoms with Gasteiger partial charge in [0.05, 0.1) is 12.6 Å². The second-order valence-electron chi connectivity index (χ2n) is 5.45. The molecule has 1 aliphatic heterocycles. The predicted octanol–water partition coefficient (Wildman–Crippen LogP) is 2.16. The molecule has 0 spiro atoms. The SMILES string of the molecule is CN(c1ccc(CNC2CC2)cc1)C1CCOC1. The van der Waals surface area contributed by atoms with Gasteiger partial charge in [0.25, 0.3) is 0 Å². The van der Waals surface area contributed by atoms with Gasteiger partial charge in [-0.15, -0.1) is 0 Å². The minimum Gasteiger partial charge on any atom is -0.379 e. The number of ether oxygens (including phenoxy) is 1. The summed E-state index contributed by atoms with van der Waals surface area (Å²) in [5, 5.41) is 3.54. The standard InChI is InChI=1S/C15H22N2O/c1-17(15-8-9-18-11-15)14-6-2-12(3-7-14)10-16-13-4-5-13/h2-3,6-7,13,15-16H,4-5,8-11H2,1H3. The van der Waals surface area contributed by atoms with Gasteiger partial charge in [-0.3, -0.25) is 0 Å². The van der Waals surface area contributed by atoms with Gasteiger partial charge in [0.2, 0.25) is 0 Å². The molecule has 18 heavy (non-hydrogen) atoms. The van der Waals surface area contributed by atoms with Crippen LogP contribution in [0.25, 0.3) is 0 Å². The highest BCUT2D eigenvalue weighted by Crippen LogP contribution is 2.22.